The van der Waals surface area contributed by atoms with E-state index >= 15 is 0 Å². The van der Waals surface area contributed by atoms with Crippen LogP contribution in [0, 0.1) is 5.92 Å². The van der Waals surface area contributed by atoms with E-state index in [1.165, 1.54) is 0 Å². The van der Waals surface area contributed by atoms with E-state index in [-0.39, 0.29) is 5.91 Å². The number of carbonyl (C=O) groups is 1. The third kappa shape index (κ3) is 4.96. The first kappa shape index (κ1) is 25.1. The van der Waals surface area contributed by atoms with Gasteiger partial charge in [-0.05, 0) is 55.2 Å². The molecule has 0 spiro atoms. The minimum Gasteiger partial charge on any atom is -0.381 e. The minimum absolute atomic E-state index is 0.234. The molecule has 2 fully saturated rings. The molecule has 0 aliphatic carbocycles. The number of piperazine rings is 1. The van der Waals surface area contributed by atoms with E-state index in [1.807, 2.05) is 58.0 Å². The van der Waals surface area contributed by atoms with Gasteiger partial charge in [-0.25, -0.2) is 15.0 Å². The van der Waals surface area contributed by atoms with E-state index in [0.717, 1.165) is 43.1 Å². The molecule has 10 heteroatoms. The van der Waals surface area contributed by atoms with Crippen LogP contribution < -0.4 is 4.90 Å². The second kappa shape index (κ2) is 10.9. The van der Waals surface area contributed by atoms with E-state index in [1.54, 1.807) is 6.33 Å². The molecule has 4 aromatic rings. The number of ether oxygens (including phenoxy) is 1. The summed E-state index contributed by atoms with van der Waals surface area (Å²) < 4.78 is 7.43. The van der Waals surface area contributed by atoms with E-state index in [4.69, 9.17) is 32.9 Å². The molecular formula is C28H28Cl2N6O2. The second-order valence-electron chi connectivity index (χ2n) is 9.72. The van der Waals surface area contributed by atoms with Crippen LogP contribution in [0.4, 0.5) is 5.82 Å². The molecule has 2 aliphatic rings. The lowest BCUT2D eigenvalue weighted by molar-refractivity contribution is -0.133. The van der Waals surface area contributed by atoms with Gasteiger partial charge >= 0.3 is 0 Å². The second-order valence-corrected chi connectivity index (χ2v) is 10.6. The molecule has 2 aromatic heterocycles. The summed E-state index contributed by atoms with van der Waals surface area (Å²) in [7, 11) is 0. The highest BCUT2D eigenvalue weighted by Crippen LogP contribution is 2.35. The van der Waals surface area contributed by atoms with Gasteiger partial charge in [0.05, 0.1) is 5.02 Å². The summed E-state index contributed by atoms with van der Waals surface area (Å²) in [4.78, 5) is 31.4. The van der Waals surface area contributed by atoms with Gasteiger partial charge in [0.25, 0.3) is 0 Å². The smallest absolute Gasteiger partial charge is 0.222 e. The fourth-order valence-corrected chi connectivity index (χ4v) is 5.61. The minimum atomic E-state index is 0.234. The first-order valence-corrected chi connectivity index (χ1v) is 13.7. The van der Waals surface area contributed by atoms with Crippen LogP contribution in [0.15, 0.2) is 54.9 Å². The number of benzene rings is 2. The quantitative estimate of drug-likeness (QED) is 0.337. The average Bonchev–Trinajstić information content (AvgIpc) is 3.34. The Morgan fingerprint density at radius 1 is 0.947 bits per heavy atom. The Balaban J connectivity index is 1.31. The van der Waals surface area contributed by atoms with Crippen LogP contribution >= 0.6 is 23.2 Å². The summed E-state index contributed by atoms with van der Waals surface area (Å²) in [5.74, 6) is 2.10. The summed E-state index contributed by atoms with van der Waals surface area (Å²) in [5, 5.41) is 1.25. The Labute approximate surface area is 231 Å². The standard InChI is InChI=1S/C28H28Cl2N6O2/c29-20-5-7-21(8-6-20)36-26(22-3-1-2-4-23(22)30)33-25-27(31-18-32-28(25)36)35-13-11-34(12-14-35)24(37)17-19-9-15-38-16-10-19/h1-8,18-19H,9-17H2. The van der Waals surface area contributed by atoms with Gasteiger partial charge in [0.15, 0.2) is 17.0 Å². The number of hydrogen-bond acceptors (Lipinski definition) is 6. The van der Waals surface area contributed by atoms with E-state index in [0.29, 0.717) is 65.6 Å². The summed E-state index contributed by atoms with van der Waals surface area (Å²) >= 11 is 12.8. The van der Waals surface area contributed by atoms with Crippen molar-refractivity contribution in [2.45, 2.75) is 19.3 Å². The molecule has 196 valence electrons. The van der Waals surface area contributed by atoms with Crippen LogP contribution in [-0.4, -0.2) is 69.7 Å². The molecule has 2 saturated heterocycles. The third-order valence-corrected chi connectivity index (χ3v) is 7.94. The molecule has 2 aliphatic heterocycles. The van der Waals surface area contributed by atoms with Gasteiger partial charge in [-0.1, -0.05) is 35.3 Å². The SMILES string of the molecule is O=C(CC1CCOCC1)N1CCN(c2ncnc3c2nc(-c2ccccc2Cl)n3-c2ccc(Cl)cc2)CC1. The lowest BCUT2D eigenvalue weighted by Crippen LogP contribution is -2.49. The van der Waals surface area contributed by atoms with Crippen molar-refractivity contribution in [3.05, 3.63) is 64.9 Å². The molecule has 6 rings (SSSR count). The number of amides is 1. The Hall–Kier alpha value is -3.20. The van der Waals surface area contributed by atoms with Gasteiger partial charge in [-0.15, -0.1) is 0 Å². The maximum atomic E-state index is 12.9. The third-order valence-electron chi connectivity index (χ3n) is 7.36. The zero-order valence-electron chi connectivity index (χ0n) is 20.9. The molecular weight excluding hydrogens is 523 g/mol. The normalized spacial score (nSPS) is 16.8. The van der Waals surface area contributed by atoms with Crippen LogP contribution in [0.2, 0.25) is 10.0 Å². The number of imidazole rings is 1. The number of carbonyl (C=O) groups excluding carboxylic acids is 1. The molecule has 0 unspecified atom stereocenters. The predicted molar refractivity (Wildman–Crippen MR) is 149 cm³/mol. The summed E-state index contributed by atoms with van der Waals surface area (Å²) in [6.07, 6.45) is 4.11. The molecule has 4 heterocycles. The van der Waals surface area contributed by atoms with Gasteiger partial charge in [0.2, 0.25) is 5.91 Å². The Morgan fingerprint density at radius 3 is 2.42 bits per heavy atom. The maximum absolute atomic E-state index is 12.9. The van der Waals surface area contributed by atoms with Crippen molar-refractivity contribution >= 4 is 46.1 Å². The molecule has 2 aromatic carbocycles. The molecule has 38 heavy (non-hydrogen) atoms. The number of aromatic nitrogens is 4. The van der Waals surface area contributed by atoms with Crippen molar-refractivity contribution in [3.63, 3.8) is 0 Å². The van der Waals surface area contributed by atoms with Crippen LogP contribution in [0.3, 0.4) is 0 Å². The summed E-state index contributed by atoms with van der Waals surface area (Å²) in [6.45, 7) is 4.19. The van der Waals surface area contributed by atoms with Crippen LogP contribution in [0.1, 0.15) is 19.3 Å². The summed E-state index contributed by atoms with van der Waals surface area (Å²) in [5.41, 5.74) is 3.06. The van der Waals surface area contributed by atoms with Crippen LogP contribution in [-0.2, 0) is 9.53 Å². The van der Waals surface area contributed by atoms with Crippen LogP contribution in [0.5, 0.6) is 0 Å². The topological polar surface area (TPSA) is 76.4 Å². The number of halogens is 2. The highest BCUT2D eigenvalue weighted by molar-refractivity contribution is 6.33. The van der Waals surface area contributed by atoms with E-state index < -0.39 is 0 Å². The molecule has 1 amide bonds. The largest absolute Gasteiger partial charge is 0.381 e. The van der Waals surface area contributed by atoms with Crippen molar-refractivity contribution in [2.75, 3.05) is 44.3 Å². The molecule has 0 saturated carbocycles. The van der Waals surface area contributed by atoms with E-state index in [2.05, 4.69) is 14.9 Å². The lowest BCUT2D eigenvalue weighted by atomic mass is 9.96. The Kier molecular flexibility index (Phi) is 7.19. The highest BCUT2D eigenvalue weighted by Gasteiger charge is 2.28. The first-order chi connectivity index (χ1) is 18.6. The number of rotatable bonds is 5. The van der Waals surface area contributed by atoms with E-state index in [9.17, 15) is 4.79 Å². The van der Waals surface area contributed by atoms with Crippen molar-refractivity contribution < 1.29 is 9.53 Å². The molecule has 0 N–H and O–H groups in total. The van der Waals surface area contributed by atoms with Gasteiger partial charge in [-0.2, -0.15) is 0 Å². The fourth-order valence-electron chi connectivity index (χ4n) is 5.26. The monoisotopic (exact) mass is 550 g/mol. The zero-order valence-corrected chi connectivity index (χ0v) is 22.4. The fraction of sp³-hybridized carbons (Fsp3) is 0.357. The Morgan fingerprint density at radius 2 is 1.68 bits per heavy atom. The molecule has 0 radical (unpaired) electrons. The van der Waals surface area contributed by atoms with Crippen LogP contribution in [0.25, 0.3) is 28.2 Å². The molecule has 0 bridgehead atoms. The maximum Gasteiger partial charge on any atom is 0.222 e. The predicted octanol–water partition coefficient (Wildman–Crippen LogP) is 5.25. The highest BCUT2D eigenvalue weighted by atomic mass is 35.5. The molecule has 0 atom stereocenters. The zero-order chi connectivity index (χ0) is 26.1. The van der Waals surface area contributed by atoms with Crippen molar-refractivity contribution in [2.24, 2.45) is 5.92 Å². The molecule has 8 nitrogen and oxygen atoms in total. The van der Waals surface area contributed by atoms with Crippen molar-refractivity contribution in [1.29, 1.82) is 0 Å². The van der Waals surface area contributed by atoms with Gasteiger partial charge in [0.1, 0.15) is 12.2 Å². The lowest BCUT2D eigenvalue weighted by Gasteiger charge is -2.36. The van der Waals surface area contributed by atoms with Crippen molar-refractivity contribution in [3.8, 4) is 17.1 Å². The van der Waals surface area contributed by atoms with Crippen molar-refractivity contribution in [1.82, 2.24) is 24.4 Å². The summed E-state index contributed by atoms with van der Waals surface area (Å²) in [6, 6.07) is 15.2. The first-order valence-electron chi connectivity index (χ1n) is 12.9. The van der Waals surface area contributed by atoms with Gasteiger partial charge < -0.3 is 14.5 Å². The Bertz CT molecular complexity index is 1440. The van der Waals surface area contributed by atoms with Gasteiger partial charge in [0, 0.05) is 62.1 Å². The number of fused-ring (bicyclic) bond motifs is 1. The number of nitrogens with zero attached hydrogens (tertiary/aromatic N) is 6. The number of anilines is 1. The average molecular weight is 551 g/mol. The number of hydrogen-bond donors (Lipinski definition) is 0. The van der Waals surface area contributed by atoms with Gasteiger partial charge in [-0.3, -0.25) is 9.36 Å².